The summed E-state index contributed by atoms with van der Waals surface area (Å²) in [5.74, 6) is -3.67. The molecular weight excluding hydrogens is 514 g/mol. The lowest BCUT2D eigenvalue weighted by Crippen LogP contribution is -2.56. The van der Waals surface area contributed by atoms with E-state index in [-0.39, 0.29) is 55.5 Å². The van der Waals surface area contributed by atoms with Crippen molar-refractivity contribution in [3.63, 3.8) is 0 Å². The molecule has 1 fully saturated rings. The van der Waals surface area contributed by atoms with Gasteiger partial charge in [-0.3, -0.25) is 29.1 Å². The number of amides is 1. The summed E-state index contributed by atoms with van der Waals surface area (Å²) in [5.41, 5.74) is -0.887. The summed E-state index contributed by atoms with van der Waals surface area (Å²) in [6.07, 6.45) is 2.10. The van der Waals surface area contributed by atoms with Crippen LogP contribution in [0.2, 0.25) is 0 Å². The molecular formula is C27H26F2N4O6. The summed E-state index contributed by atoms with van der Waals surface area (Å²) in [7, 11) is 0. The van der Waals surface area contributed by atoms with Crippen LogP contribution in [0.1, 0.15) is 38.5 Å². The Morgan fingerprint density at radius 1 is 1.15 bits per heavy atom. The Balaban J connectivity index is 1.47. The molecule has 2 aliphatic heterocycles. The zero-order valence-corrected chi connectivity index (χ0v) is 20.9. The first-order chi connectivity index (χ1) is 18.8. The number of benzene rings is 1. The van der Waals surface area contributed by atoms with Crippen molar-refractivity contribution in [1.82, 2.24) is 14.6 Å². The van der Waals surface area contributed by atoms with Crippen LogP contribution in [0.4, 0.5) is 8.78 Å². The molecule has 2 aromatic heterocycles. The number of aryl methyl sites for hydroxylation is 1. The van der Waals surface area contributed by atoms with E-state index < -0.39 is 34.5 Å². The number of ether oxygens (including phenoxy) is 2. The van der Waals surface area contributed by atoms with Crippen molar-refractivity contribution in [3.8, 4) is 5.75 Å². The maximum Gasteiger partial charge on any atom is 0.277 e. The van der Waals surface area contributed by atoms with Gasteiger partial charge in [-0.2, -0.15) is 0 Å². The van der Waals surface area contributed by atoms with Crippen LogP contribution in [0.25, 0.3) is 0 Å². The van der Waals surface area contributed by atoms with Gasteiger partial charge in [-0.15, -0.1) is 0 Å². The maximum absolute atomic E-state index is 14.0. The van der Waals surface area contributed by atoms with E-state index >= 15 is 0 Å². The second-order valence-corrected chi connectivity index (χ2v) is 9.29. The smallest absolute Gasteiger partial charge is 0.277 e. The molecule has 204 valence electrons. The molecule has 1 unspecified atom stereocenters. The van der Waals surface area contributed by atoms with Crippen molar-refractivity contribution in [3.05, 3.63) is 93.2 Å². The minimum Gasteiger partial charge on any atom is -0.502 e. The van der Waals surface area contributed by atoms with Crippen LogP contribution in [0.15, 0.2) is 53.6 Å². The monoisotopic (exact) mass is 540 g/mol. The van der Waals surface area contributed by atoms with Crippen molar-refractivity contribution >= 4 is 11.7 Å². The number of carbonyl (C=O) groups is 2. The van der Waals surface area contributed by atoms with Gasteiger partial charge < -0.3 is 19.5 Å². The predicted octanol–water partition coefficient (Wildman–Crippen LogP) is 2.01. The number of halogens is 2. The molecule has 1 saturated heterocycles. The third-order valence-electron chi connectivity index (χ3n) is 6.61. The Morgan fingerprint density at radius 3 is 2.72 bits per heavy atom. The van der Waals surface area contributed by atoms with Gasteiger partial charge in [0.15, 0.2) is 17.2 Å². The second-order valence-electron chi connectivity index (χ2n) is 9.29. The summed E-state index contributed by atoms with van der Waals surface area (Å²) in [6.45, 7) is 1.55. The number of pyridine rings is 2. The molecule has 3 aromatic rings. The average molecular weight is 541 g/mol. The predicted molar refractivity (Wildman–Crippen MR) is 134 cm³/mol. The molecule has 1 amide bonds. The lowest BCUT2D eigenvalue weighted by molar-refractivity contribution is -0.0955. The van der Waals surface area contributed by atoms with Crippen LogP contribution in [0, 0.1) is 11.6 Å². The fourth-order valence-corrected chi connectivity index (χ4v) is 4.63. The van der Waals surface area contributed by atoms with Crippen LogP contribution in [-0.2, 0) is 22.4 Å². The molecule has 0 radical (unpaired) electrons. The molecule has 0 bridgehead atoms. The van der Waals surface area contributed by atoms with Crippen LogP contribution in [-0.4, -0.2) is 70.5 Å². The van der Waals surface area contributed by atoms with E-state index in [1.54, 1.807) is 29.4 Å². The number of nitrogens with zero attached hydrogens (tertiary/aromatic N) is 4. The van der Waals surface area contributed by atoms with Crippen molar-refractivity contribution in [2.45, 2.75) is 25.5 Å². The average Bonchev–Trinajstić information content (AvgIpc) is 2.93. The van der Waals surface area contributed by atoms with E-state index in [0.29, 0.717) is 25.5 Å². The molecule has 1 atom stereocenters. The van der Waals surface area contributed by atoms with E-state index in [1.807, 2.05) is 0 Å². The van der Waals surface area contributed by atoms with Crippen LogP contribution in [0.5, 0.6) is 5.75 Å². The Labute approximate surface area is 222 Å². The topological polar surface area (TPSA) is 114 Å². The number of hydrogen-bond acceptors (Lipinski definition) is 8. The zero-order valence-electron chi connectivity index (χ0n) is 20.9. The molecule has 0 spiro atoms. The zero-order chi connectivity index (χ0) is 27.5. The summed E-state index contributed by atoms with van der Waals surface area (Å²) >= 11 is 0. The van der Waals surface area contributed by atoms with Gasteiger partial charge in [-0.05, 0) is 30.2 Å². The summed E-state index contributed by atoms with van der Waals surface area (Å²) in [6, 6.07) is 8.38. The van der Waals surface area contributed by atoms with Crippen molar-refractivity contribution in [2.75, 3.05) is 38.0 Å². The lowest BCUT2D eigenvalue weighted by atomic mass is 10.0. The van der Waals surface area contributed by atoms with Gasteiger partial charge >= 0.3 is 0 Å². The first kappa shape index (κ1) is 26.4. The van der Waals surface area contributed by atoms with Gasteiger partial charge in [0.2, 0.25) is 5.43 Å². The fraction of sp³-hybridized carbons (Fsp3) is 0.333. The van der Waals surface area contributed by atoms with Crippen molar-refractivity contribution in [1.29, 1.82) is 0 Å². The standard InChI is InChI=1S/C27H26F2N4O6/c28-18-6-4-17(22(29)11-18)5-7-23(34)21-14-33-24(26(36)25(21)35)27(37)31(13-20-15-38-9-10-39-20)16-32(33)12-19-3-1-2-8-30-19/h1-4,6,8,11,14,20,36H,5,7,9-10,12-13,15-16H2. The highest BCUT2D eigenvalue weighted by atomic mass is 19.1. The Kier molecular flexibility index (Phi) is 7.66. The quantitative estimate of drug-likeness (QED) is 0.432. The number of aromatic hydroxyl groups is 1. The minimum atomic E-state index is -1.00. The van der Waals surface area contributed by atoms with Crippen LogP contribution >= 0.6 is 0 Å². The van der Waals surface area contributed by atoms with Gasteiger partial charge in [0.05, 0.1) is 50.3 Å². The molecule has 0 aliphatic carbocycles. The molecule has 39 heavy (non-hydrogen) atoms. The molecule has 4 heterocycles. The van der Waals surface area contributed by atoms with Crippen molar-refractivity contribution < 1.29 is 33.0 Å². The third-order valence-corrected chi connectivity index (χ3v) is 6.61. The lowest BCUT2D eigenvalue weighted by Gasteiger charge is -2.41. The summed E-state index contributed by atoms with van der Waals surface area (Å²) in [5, 5.41) is 12.5. The van der Waals surface area contributed by atoms with Gasteiger partial charge in [0.1, 0.15) is 18.3 Å². The molecule has 5 rings (SSSR count). The fourth-order valence-electron chi connectivity index (χ4n) is 4.63. The Morgan fingerprint density at radius 2 is 2.00 bits per heavy atom. The van der Waals surface area contributed by atoms with E-state index in [1.165, 1.54) is 21.8 Å². The number of fused-ring (bicyclic) bond motifs is 1. The Bertz CT molecular complexity index is 1440. The van der Waals surface area contributed by atoms with Crippen molar-refractivity contribution in [2.24, 2.45) is 0 Å². The molecule has 1 N–H and O–H groups in total. The largest absolute Gasteiger partial charge is 0.502 e. The SMILES string of the molecule is O=C(CCc1ccc(F)cc1F)c1cn2c(c(O)c1=O)C(=O)N(CC1COCCO1)CN2Cc1ccccn1. The number of carbonyl (C=O) groups excluding carboxylic acids is 2. The second kappa shape index (κ2) is 11.3. The van der Waals surface area contributed by atoms with E-state index in [4.69, 9.17) is 9.47 Å². The number of Topliss-reactive ketones (excluding diaryl/α,β-unsaturated/α-hetero) is 1. The van der Waals surface area contributed by atoms with E-state index in [2.05, 4.69) is 4.98 Å². The molecule has 1 aromatic carbocycles. The van der Waals surface area contributed by atoms with Crippen LogP contribution in [0.3, 0.4) is 0 Å². The summed E-state index contributed by atoms with van der Waals surface area (Å²) < 4.78 is 39.7. The Hall–Kier alpha value is -4.16. The molecule has 12 heteroatoms. The first-order valence-electron chi connectivity index (χ1n) is 12.4. The summed E-state index contributed by atoms with van der Waals surface area (Å²) in [4.78, 5) is 45.3. The number of ketones is 1. The van der Waals surface area contributed by atoms with Gasteiger partial charge in [-0.25, -0.2) is 8.78 Å². The number of rotatable bonds is 8. The van der Waals surface area contributed by atoms with Gasteiger partial charge in [0, 0.05) is 24.9 Å². The molecule has 10 nitrogen and oxygen atoms in total. The third kappa shape index (κ3) is 5.66. The van der Waals surface area contributed by atoms with Gasteiger partial charge in [0.25, 0.3) is 5.91 Å². The minimum absolute atomic E-state index is 0.0546. The highest BCUT2D eigenvalue weighted by Crippen LogP contribution is 2.24. The van der Waals surface area contributed by atoms with E-state index in [0.717, 1.165) is 12.1 Å². The van der Waals surface area contributed by atoms with Gasteiger partial charge in [-0.1, -0.05) is 12.1 Å². The highest BCUT2D eigenvalue weighted by Gasteiger charge is 2.36. The van der Waals surface area contributed by atoms with Crippen LogP contribution < -0.4 is 10.4 Å². The number of aromatic nitrogens is 2. The molecule has 0 saturated carbocycles. The first-order valence-corrected chi connectivity index (χ1v) is 12.4. The number of hydrogen-bond donors (Lipinski definition) is 1. The molecule has 2 aliphatic rings. The maximum atomic E-state index is 14.0. The normalized spacial score (nSPS) is 17.3. The van der Waals surface area contributed by atoms with E-state index in [9.17, 15) is 28.3 Å². The highest BCUT2D eigenvalue weighted by molar-refractivity contribution is 6.00.